The van der Waals surface area contributed by atoms with Crippen LogP contribution in [0, 0.1) is 0 Å². The number of esters is 1. The van der Waals surface area contributed by atoms with Crippen molar-refractivity contribution in [3.63, 3.8) is 0 Å². The highest BCUT2D eigenvalue weighted by molar-refractivity contribution is 8.00. The fourth-order valence-electron chi connectivity index (χ4n) is 1.93. The topological polar surface area (TPSA) is 85.4 Å². The second-order valence-electron chi connectivity index (χ2n) is 5.37. The van der Waals surface area contributed by atoms with Crippen molar-refractivity contribution in [1.29, 1.82) is 0 Å². The number of nitrogens with zero attached hydrogens (tertiary/aromatic N) is 1. The number of thioether (sulfide) groups is 1. The van der Waals surface area contributed by atoms with Gasteiger partial charge in [0.2, 0.25) is 0 Å². The van der Waals surface area contributed by atoms with Gasteiger partial charge in [-0.15, -0.1) is 11.8 Å². The highest BCUT2D eigenvalue weighted by Gasteiger charge is 2.21. The standard InChI is InChI=1S/C18H17ClN2O4S/c1-11(22)10-26-15-8-4-3-6-13(15)18(24)25-12(2)17(23)21-14-7-5-9-20-16(14)19/h3-9,12H,10H2,1-2H3,(H,21,23)/t12-/m1/s1. The zero-order valence-electron chi connectivity index (χ0n) is 14.2. The lowest BCUT2D eigenvalue weighted by Gasteiger charge is -2.15. The van der Waals surface area contributed by atoms with Crippen LogP contribution < -0.4 is 5.32 Å². The van der Waals surface area contributed by atoms with E-state index in [1.54, 1.807) is 36.4 Å². The van der Waals surface area contributed by atoms with E-state index in [9.17, 15) is 14.4 Å². The van der Waals surface area contributed by atoms with Crippen molar-refractivity contribution in [3.8, 4) is 0 Å². The van der Waals surface area contributed by atoms with Gasteiger partial charge in [-0.05, 0) is 38.1 Å². The molecule has 2 rings (SSSR count). The fraction of sp³-hybridized carbons (Fsp3) is 0.222. The first-order chi connectivity index (χ1) is 12.4. The molecule has 0 aliphatic rings. The number of benzene rings is 1. The predicted molar refractivity (Wildman–Crippen MR) is 101 cm³/mol. The molecule has 2 aromatic rings. The molecule has 1 N–H and O–H groups in total. The maximum absolute atomic E-state index is 12.4. The highest BCUT2D eigenvalue weighted by Crippen LogP contribution is 2.24. The Morgan fingerprint density at radius 2 is 1.96 bits per heavy atom. The number of amides is 1. The molecule has 6 nitrogen and oxygen atoms in total. The SMILES string of the molecule is CC(=O)CSc1ccccc1C(=O)O[C@H](C)C(=O)Nc1cccnc1Cl. The maximum atomic E-state index is 12.4. The first kappa shape index (κ1) is 19.9. The summed E-state index contributed by atoms with van der Waals surface area (Å²) in [5.41, 5.74) is 0.636. The molecule has 1 aromatic carbocycles. The number of hydrogen-bond acceptors (Lipinski definition) is 6. The number of rotatable bonds is 7. The predicted octanol–water partition coefficient (Wildman–Crippen LogP) is 3.60. The van der Waals surface area contributed by atoms with Gasteiger partial charge < -0.3 is 10.1 Å². The molecule has 0 radical (unpaired) electrons. The van der Waals surface area contributed by atoms with Gasteiger partial charge in [-0.2, -0.15) is 0 Å². The van der Waals surface area contributed by atoms with E-state index in [1.165, 1.54) is 31.8 Å². The van der Waals surface area contributed by atoms with E-state index in [-0.39, 0.29) is 16.7 Å². The van der Waals surface area contributed by atoms with Gasteiger partial charge in [0.25, 0.3) is 5.91 Å². The molecule has 0 aliphatic carbocycles. The number of pyridine rings is 1. The number of carbonyl (C=O) groups excluding carboxylic acids is 3. The van der Waals surface area contributed by atoms with Crippen molar-refractivity contribution in [2.24, 2.45) is 0 Å². The molecule has 26 heavy (non-hydrogen) atoms. The molecule has 0 fully saturated rings. The third-order valence-corrected chi connectivity index (χ3v) is 4.73. The first-order valence-electron chi connectivity index (χ1n) is 7.72. The number of nitrogens with one attached hydrogen (secondary N) is 1. The lowest BCUT2D eigenvalue weighted by Crippen LogP contribution is -2.30. The third kappa shape index (κ3) is 5.57. The molecular weight excluding hydrogens is 376 g/mol. The van der Waals surface area contributed by atoms with Gasteiger partial charge in [0, 0.05) is 11.1 Å². The summed E-state index contributed by atoms with van der Waals surface area (Å²) in [6, 6.07) is 9.99. The average Bonchev–Trinajstić information content (AvgIpc) is 2.62. The Labute approximate surface area is 160 Å². The van der Waals surface area contributed by atoms with Crippen LogP contribution in [-0.4, -0.2) is 34.5 Å². The smallest absolute Gasteiger partial charge is 0.340 e. The minimum absolute atomic E-state index is 0.000680. The second-order valence-corrected chi connectivity index (χ2v) is 6.74. The van der Waals surface area contributed by atoms with E-state index >= 15 is 0 Å². The zero-order valence-corrected chi connectivity index (χ0v) is 15.8. The lowest BCUT2D eigenvalue weighted by atomic mass is 10.2. The molecule has 0 aliphatic heterocycles. The number of hydrogen-bond donors (Lipinski definition) is 1. The van der Waals surface area contributed by atoms with Crippen LogP contribution in [0.4, 0.5) is 5.69 Å². The number of carbonyl (C=O) groups is 3. The van der Waals surface area contributed by atoms with Crippen LogP contribution in [0.15, 0.2) is 47.5 Å². The molecule has 1 aromatic heterocycles. The summed E-state index contributed by atoms with van der Waals surface area (Å²) in [6.45, 7) is 2.94. The van der Waals surface area contributed by atoms with Crippen LogP contribution in [0.3, 0.4) is 0 Å². The number of anilines is 1. The van der Waals surface area contributed by atoms with E-state index in [1.807, 2.05) is 0 Å². The third-order valence-electron chi connectivity index (χ3n) is 3.21. The minimum Gasteiger partial charge on any atom is -0.449 e. The normalized spacial score (nSPS) is 11.5. The second kappa shape index (κ2) is 9.35. The molecule has 0 bridgehead atoms. The molecule has 0 saturated heterocycles. The summed E-state index contributed by atoms with van der Waals surface area (Å²) < 4.78 is 5.25. The van der Waals surface area contributed by atoms with E-state index < -0.39 is 18.0 Å². The van der Waals surface area contributed by atoms with Crippen LogP contribution in [0.2, 0.25) is 5.15 Å². The summed E-state index contributed by atoms with van der Waals surface area (Å²) in [5.74, 6) is -0.919. The van der Waals surface area contributed by atoms with Crippen molar-refractivity contribution < 1.29 is 19.1 Å². The Morgan fingerprint density at radius 1 is 1.23 bits per heavy atom. The van der Waals surface area contributed by atoms with Crippen LogP contribution >= 0.6 is 23.4 Å². The molecule has 136 valence electrons. The van der Waals surface area contributed by atoms with Crippen LogP contribution in [0.5, 0.6) is 0 Å². The molecule has 1 heterocycles. The quantitative estimate of drug-likeness (QED) is 0.440. The van der Waals surface area contributed by atoms with Gasteiger partial charge in [-0.1, -0.05) is 23.7 Å². The number of Topliss-reactive ketones (excluding diaryl/α,β-unsaturated/α-hetero) is 1. The maximum Gasteiger partial charge on any atom is 0.340 e. The van der Waals surface area contributed by atoms with Gasteiger partial charge in [0.15, 0.2) is 11.3 Å². The van der Waals surface area contributed by atoms with Crippen LogP contribution in [0.1, 0.15) is 24.2 Å². The van der Waals surface area contributed by atoms with Crippen molar-refractivity contribution in [2.75, 3.05) is 11.1 Å². The Hall–Kier alpha value is -2.38. The average molecular weight is 393 g/mol. The van der Waals surface area contributed by atoms with Gasteiger partial charge >= 0.3 is 5.97 Å². The van der Waals surface area contributed by atoms with Gasteiger partial charge in [0.1, 0.15) is 5.78 Å². The molecule has 8 heteroatoms. The molecule has 0 saturated carbocycles. The number of ketones is 1. The molecule has 0 spiro atoms. The zero-order chi connectivity index (χ0) is 19.1. The summed E-state index contributed by atoms with van der Waals surface area (Å²) in [5, 5.41) is 2.70. The lowest BCUT2D eigenvalue weighted by molar-refractivity contribution is -0.123. The van der Waals surface area contributed by atoms with Gasteiger partial charge in [-0.3, -0.25) is 9.59 Å². The summed E-state index contributed by atoms with van der Waals surface area (Å²) >= 11 is 7.14. The van der Waals surface area contributed by atoms with E-state index in [2.05, 4.69) is 10.3 Å². The van der Waals surface area contributed by atoms with E-state index in [0.717, 1.165) is 0 Å². The van der Waals surface area contributed by atoms with E-state index in [0.29, 0.717) is 16.1 Å². The Balaban J connectivity index is 2.04. The van der Waals surface area contributed by atoms with Gasteiger partial charge in [0.05, 0.1) is 17.0 Å². The Bertz CT molecular complexity index is 828. The Morgan fingerprint density at radius 3 is 2.65 bits per heavy atom. The monoisotopic (exact) mass is 392 g/mol. The largest absolute Gasteiger partial charge is 0.449 e. The van der Waals surface area contributed by atoms with Crippen LogP contribution in [-0.2, 0) is 14.3 Å². The summed E-state index contributed by atoms with van der Waals surface area (Å²) in [7, 11) is 0. The van der Waals surface area contributed by atoms with Crippen LogP contribution in [0.25, 0.3) is 0 Å². The van der Waals surface area contributed by atoms with Gasteiger partial charge in [-0.25, -0.2) is 9.78 Å². The number of halogens is 1. The molecule has 1 amide bonds. The highest BCUT2D eigenvalue weighted by atomic mass is 35.5. The number of ether oxygens (including phenoxy) is 1. The van der Waals surface area contributed by atoms with Crippen molar-refractivity contribution in [3.05, 3.63) is 53.3 Å². The van der Waals surface area contributed by atoms with Crippen molar-refractivity contribution in [1.82, 2.24) is 4.98 Å². The molecule has 0 unspecified atom stereocenters. The Kier molecular flexibility index (Phi) is 7.17. The summed E-state index contributed by atoms with van der Waals surface area (Å²) in [4.78, 5) is 40.3. The minimum atomic E-state index is -1.04. The fourth-order valence-corrected chi connectivity index (χ4v) is 2.94. The van der Waals surface area contributed by atoms with Crippen molar-refractivity contribution >= 4 is 46.7 Å². The van der Waals surface area contributed by atoms with E-state index in [4.69, 9.17) is 16.3 Å². The first-order valence-corrected chi connectivity index (χ1v) is 9.08. The summed E-state index contributed by atoms with van der Waals surface area (Å²) in [6.07, 6.45) is 0.460. The number of aromatic nitrogens is 1. The molecule has 1 atom stereocenters. The van der Waals surface area contributed by atoms with Crippen molar-refractivity contribution in [2.45, 2.75) is 24.8 Å². The molecular formula is C18H17ClN2O4S.